The van der Waals surface area contributed by atoms with Gasteiger partial charge in [0, 0.05) is 0 Å². The van der Waals surface area contributed by atoms with Gasteiger partial charge in [-0.05, 0) is 29.9 Å². The number of rotatable bonds is 3. The summed E-state index contributed by atoms with van der Waals surface area (Å²) in [5.41, 5.74) is 10.7. The summed E-state index contributed by atoms with van der Waals surface area (Å²) in [5, 5.41) is 7.64. The van der Waals surface area contributed by atoms with Crippen molar-refractivity contribution in [1.29, 1.82) is 0 Å². The van der Waals surface area contributed by atoms with Crippen LogP contribution in [-0.4, -0.2) is 26.3 Å². The van der Waals surface area contributed by atoms with Crippen LogP contribution in [0.15, 0.2) is 63.4 Å². The Kier molecular flexibility index (Phi) is 3.88. The molecule has 2 N–H and O–H groups in total. The van der Waals surface area contributed by atoms with Gasteiger partial charge in [0.1, 0.15) is 5.57 Å². The SMILES string of the molecule is Nc1nc2ccccc2nc1-c1nnc(CC2=CC=C=C=C2C(F)(F)F)o1. The van der Waals surface area contributed by atoms with Gasteiger partial charge in [0.25, 0.3) is 5.89 Å². The molecule has 0 amide bonds. The van der Waals surface area contributed by atoms with Crippen molar-refractivity contribution in [3.63, 3.8) is 0 Å². The lowest BCUT2D eigenvalue weighted by Crippen LogP contribution is -2.15. The van der Waals surface area contributed by atoms with E-state index in [1.807, 2.05) is 0 Å². The molecule has 9 heteroatoms. The zero-order valence-electron chi connectivity index (χ0n) is 13.6. The highest BCUT2D eigenvalue weighted by Crippen LogP contribution is 2.33. The van der Waals surface area contributed by atoms with Crippen LogP contribution in [0, 0.1) is 0 Å². The van der Waals surface area contributed by atoms with E-state index in [9.17, 15) is 13.2 Å². The van der Waals surface area contributed by atoms with Crippen LogP contribution in [0.5, 0.6) is 0 Å². The molecular weight excluding hydrogens is 359 g/mol. The first kappa shape index (κ1) is 16.8. The Morgan fingerprint density at radius 1 is 1.07 bits per heavy atom. The lowest BCUT2D eigenvalue weighted by molar-refractivity contribution is -0.0893. The summed E-state index contributed by atoms with van der Waals surface area (Å²) in [6.45, 7) is 0. The van der Waals surface area contributed by atoms with Gasteiger partial charge >= 0.3 is 6.18 Å². The third kappa shape index (κ3) is 3.25. The van der Waals surface area contributed by atoms with Crippen molar-refractivity contribution in [2.45, 2.75) is 12.6 Å². The fraction of sp³-hybridized carbons (Fsp3) is 0.111. The third-order valence-electron chi connectivity index (χ3n) is 3.78. The minimum atomic E-state index is -4.55. The summed E-state index contributed by atoms with van der Waals surface area (Å²) in [4.78, 5) is 8.57. The number of hydrogen-bond donors (Lipinski definition) is 1. The molecule has 0 radical (unpaired) electrons. The highest BCUT2D eigenvalue weighted by molar-refractivity contribution is 5.80. The minimum Gasteiger partial charge on any atom is -0.419 e. The molecule has 0 unspecified atom stereocenters. The number of para-hydroxylation sites is 2. The molecule has 2 heterocycles. The summed E-state index contributed by atoms with van der Waals surface area (Å²) in [7, 11) is 0. The lowest BCUT2D eigenvalue weighted by Gasteiger charge is -2.12. The Morgan fingerprint density at radius 3 is 2.56 bits per heavy atom. The molecule has 0 atom stereocenters. The largest absolute Gasteiger partial charge is 0.424 e. The molecule has 2 aromatic heterocycles. The molecule has 3 aromatic rings. The molecule has 1 aliphatic carbocycles. The molecular formula is C18H10F3N5O. The van der Waals surface area contributed by atoms with Gasteiger partial charge in [-0.2, -0.15) is 13.2 Å². The predicted octanol–water partition coefficient (Wildman–Crippen LogP) is 3.54. The summed E-state index contributed by atoms with van der Waals surface area (Å²) < 4.78 is 44.7. The maximum atomic E-state index is 13.1. The van der Waals surface area contributed by atoms with Gasteiger partial charge in [-0.15, -0.1) is 10.2 Å². The van der Waals surface area contributed by atoms with Crippen LogP contribution in [0.2, 0.25) is 0 Å². The fourth-order valence-electron chi connectivity index (χ4n) is 2.57. The third-order valence-corrected chi connectivity index (χ3v) is 3.78. The van der Waals surface area contributed by atoms with E-state index in [0.717, 1.165) is 0 Å². The average molecular weight is 369 g/mol. The van der Waals surface area contributed by atoms with Gasteiger partial charge in [0.2, 0.25) is 5.89 Å². The minimum absolute atomic E-state index is 0.00976. The maximum absolute atomic E-state index is 13.1. The van der Waals surface area contributed by atoms with E-state index in [1.54, 1.807) is 24.3 Å². The number of allylic oxidation sites excluding steroid dienone is 4. The molecule has 0 fully saturated rings. The van der Waals surface area contributed by atoms with Crippen LogP contribution in [0.1, 0.15) is 5.89 Å². The van der Waals surface area contributed by atoms with Crippen molar-refractivity contribution in [3.05, 3.63) is 64.9 Å². The molecule has 134 valence electrons. The predicted molar refractivity (Wildman–Crippen MR) is 90.2 cm³/mol. The summed E-state index contributed by atoms with van der Waals surface area (Å²) >= 11 is 0. The average Bonchev–Trinajstić information content (AvgIpc) is 3.09. The van der Waals surface area contributed by atoms with Crippen molar-refractivity contribution in [2.24, 2.45) is 0 Å². The van der Waals surface area contributed by atoms with Crippen molar-refractivity contribution in [2.75, 3.05) is 5.73 Å². The molecule has 0 aliphatic heterocycles. The van der Waals surface area contributed by atoms with E-state index in [0.29, 0.717) is 11.0 Å². The quantitative estimate of drug-likeness (QED) is 0.710. The van der Waals surface area contributed by atoms with Crippen LogP contribution >= 0.6 is 0 Å². The number of alkyl halides is 3. The fourth-order valence-corrected chi connectivity index (χ4v) is 2.57. The second-order valence-electron chi connectivity index (χ2n) is 5.62. The maximum Gasteiger partial charge on any atom is 0.424 e. The molecule has 1 aromatic carbocycles. The van der Waals surface area contributed by atoms with E-state index in [1.165, 1.54) is 12.2 Å². The topological polar surface area (TPSA) is 90.7 Å². The van der Waals surface area contributed by atoms with Gasteiger partial charge in [0.15, 0.2) is 11.5 Å². The number of nitrogens with zero attached hydrogens (tertiary/aromatic N) is 4. The van der Waals surface area contributed by atoms with Crippen molar-refractivity contribution in [3.8, 4) is 11.6 Å². The highest BCUT2D eigenvalue weighted by atomic mass is 19.4. The zero-order valence-corrected chi connectivity index (χ0v) is 13.6. The number of nitrogen functional groups attached to an aromatic ring is 1. The van der Waals surface area contributed by atoms with Crippen molar-refractivity contribution in [1.82, 2.24) is 20.2 Å². The van der Waals surface area contributed by atoms with E-state index in [4.69, 9.17) is 10.2 Å². The van der Waals surface area contributed by atoms with Crippen molar-refractivity contribution >= 4 is 16.9 Å². The highest BCUT2D eigenvalue weighted by Gasteiger charge is 2.37. The molecule has 1 aliphatic rings. The van der Waals surface area contributed by atoms with Gasteiger partial charge in [-0.3, -0.25) is 0 Å². The number of aromatic nitrogens is 4. The van der Waals surface area contributed by atoms with Gasteiger partial charge in [-0.1, -0.05) is 23.6 Å². The number of fused-ring (bicyclic) bond motifs is 1. The second-order valence-corrected chi connectivity index (χ2v) is 5.62. The molecule has 27 heavy (non-hydrogen) atoms. The number of benzene rings is 1. The zero-order chi connectivity index (χ0) is 19.0. The Labute approximate surface area is 150 Å². The Hall–Kier alpha value is -3.67. The molecule has 6 nitrogen and oxygen atoms in total. The number of anilines is 1. The summed E-state index contributed by atoms with van der Waals surface area (Å²) in [6.07, 6.45) is -2.14. The van der Waals surface area contributed by atoms with Crippen LogP contribution in [0.4, 0.5) is 19.0 Å². The van der Waals surface area contributed by atoms with E-state index in [-0.39, 0.29) is 35.3 Å². The van der Waals surface area contributed by atoms with Gasteiger partial charge in [-0.25, -0.2) is 9.97 Å². The standard InChI is InChI=1S/C18H10F3N5O/c19-18(20,21)11-6-2-1-5-10(11)9-14-25-26-17(27-14)15-16(22)24-13-8-4-3-7-12(13)23-15/h1,3-5,7-8H,9H2,(H2,22,24). The van der Waals surface area contributed by atoms with Gasteiger partial charge in [0.05, 0.1) is 17.5 Å². The lowest BCUT2D eigenvalue weighted by atomic mass is 10.0. The Bertz CT molecular complexity index is 1180. The van der Waals surface area contributed by atoms with Crippen LogP contribution < -0.4 is 5.73 Å². The smallest absolute Gasteiger partial charge is 0.419 e. The van der Waals surface area contributed by atoms with E-state index < -0.39 is 11.7 Å². The molecule has 0 saturated heterocycles. The molecule has 0 saturated carbocycles. The Balaban J connectivity index is 1.65. The monoisotopic (exact) mass is 369 g/mol. The molecule has 0 bridgehead atoms. The first-order valence-corrected chi connectivity index (χ1v) is 7.75. The summed E-state index contributed by atoms with van der Waals surface area (Å²) in [6, 6.07) is 7.09. The van der Waals surface area contributed by atoms with Crippen LogP contribution in [0.25, 0.3) is 22.6 Å². The molecule has 0 spiro atoms. The van der Waals surface area contributed by atoms with Gasteiger partial charge < -0.3 is 10.2 Å². The Morgan fingerprint density at radius 2 is 1.81 bits per heavy atom. The van der Waals surface area contributed by atoms with E-state index in [2.05, 4.69) is 31.6 Å². The van der Waals surface area contributed by atoms with Crippen molar-refractivity contribution < 1.29 is 17.6 Å². The number of nitrogens with two attached hydrogens (primary N) is 1. The first-order valence-electron chi connectivity index (χ1n) is 7.75. The number of hydrogen-bond acceptors (Lipinski definition) is 6. The normalized spacial score (nSPS) is 13.7. The van der Waals surface area contributed by atoms with E-state index >= 15 is 0 Å². The van der Waals surface area contributed by atoms with Crippen LogP contribution in [0.3, 0.4) is 0 Å². The second kappa shape index (κ2) is 6.25. The van der Waals surface area contributed by atoms with Crippen LogP contribution in [-0.2, 0) is 6.42 Å². The first-order chi connectivity index (χ1) is 12.9. The number of halogens is 3. The summed E-state index contributed by atoms with van der Waals surface area (Å²) in [5.74, 6) is 0.0627. The molecule has 4 rings (SSSR count).